The maximum absolute atomic E-state index is 12.2. The number of benzene rings is 1. The molecule has 1 unspecified atom stereocenters. The van der Waals surface area contributed by atoms with Gasteiger partial charge in [0.05, 0.1) is 6.54 Å². The summed E-state index contributed by atoms with van der Waals surface area (Å²) in [6.07, 6.45) is 4.66. The van der Waals surface area contributed by atoms with Crippen molar-refractivity contribution in [1.82, 2.24) is 20.4 Å². The number of halogens is 1. The normalized spacial score (nSPS) is 15.5. The number of nitrogens with zero attached hydrogens (tertiary/aromatic N) is 3. The molecule has 176 valence electrons. The summed E-state index contributed by atoms with van der Waals surface area (Å²) in [5.74, 6) is 1.60. The Balaban J connectivity index is 0.00000480. The number of amides is 1. The predicted octanol–water partition coefficient (Wildman–Crippen LogP) is 3.61. The van der Waals surface area contributed by atoms with Crippen molar-refractivity contribution in [3.63, 3.8) is 0 Å². The van der Waals surface area contributed by atoms with Crippen LogP contribution in [0.4, 0.5) is 0 Å². The van der Waals surface area contributed by atoms with Crippen molar-refractivity contribution in [3.8, 4) is 0 Å². The fraction of sp³-hybridized carbons (Fsp3) is 0.667. The Hall–Kier alpha value is -1.35. The molecule has 0 radical (unpaired) electrons. The van der Waals surface area contributed by atoms with E-state index in [1.54, 1.807) is 19.0 Å². The first-order chi connectivity index (χ1) is 14.4. The van der Waals surface area contributed by atoms with Gasteiger partial charge in [0.2, 0.25) is 0 Å². The lowest BCUT2D eigenvalue weighted by atomic mass is 10.0. The van der Waals surface area contributed by atoms with Gasteiger partial charge in [-0.25, -0.2) is 0 Å². The van der Waals surface area contributed by atoms with Crippen molar-refractivity contribution >= 4 is 35.8 Å². The fourth-order valence-corrected chi connectivity index (χ4v) is 3.97. The third kappa shape index (κ3) is 9.76. The van der Waals surface area contributed by atoms with Gasteiger partial charge in [0, 0.05) is 38.8 Å². The largest absolute Gasteiger partial charge is 0.357 e. The summed E-state index contributed by atoms with van der Waals surface area (Å²) in [4.78, 5) is 21.3. The molecule has 1 aliphatic heterocycles. The van der Waals surface area contributed by atoms with Gasteiger partial charge in [-0.15, -0.1) is 24.0 Å². The van der Waals surface area contributed by atoms with Crippen molar-refractivity contribution in [2.75, 3.05) is 46.8 Å². The summed E-state index contributed by atoms with van der Waals surface area (Å²) in [6, 6.07) is 8.41. The number of guanidine groups is 1. The van der Waals surface area contributed by atoms with Gasteiger partial charge in [0.1, 0.15) is 0 Å². The van der Waals surface area contributed by atoms with E-state index in [1.165, 1.54) is 32.4 Å². The van der Waals surface area contributed by atoms with E-state index in [1.807, 2.05) is 18.2 Å². The first kappa shape index (κ1) is 27.7. The molecule has 2 rings (SSSR count). The van der Waals surface area contributed by atoms with Crippen molar-refractivity contribution in [2.24, 2.45) is 10.9 Å². The number of rotatable bonds is 10. The molecule has 2 N–H and O–H groups in total. The highest BCUT2D eigenvalue weighted by atomic mass is 127. The molecule has 6 nitrogen and oxygen atoms in total. The molecule has 1 saturated heterocycles. The zero-order valence-electron chi connectivity index (χ0n) is 20.0. The number of hydrogen-bond donors (Lipinski definition) is 2. The quantitative estimate of drug-likeness (QED) is 0.269. The van der Waals surface area contributed by atoms with Gasteiger partial charge in [-0.1, -0.05) is 26.0 Å². The number of carbonyl (C=O) groups excluding carboxylic acids is 1. The average molecular weight is 544 g/mol. The zero-order valence-corrected chi connectivity index (χ0v) is 22.3. The highest BCUT2D eigenvalue weighted by Crippen LogP contribution is 2.18. The summed E-state index contributed by atoms with van der Waals surface area (Å²) in [7, 11) is 3.56. The van der Waals surface area contributed by atoms with Gasteiger partial charge in [0.25, 0.3) is 5.91 Å². The van der Waals surface area contributed by atoms with E-state index in [-0.39, 0.29) is 29.9 Å². The predicted molar refractivity (Wildman–Crippen MR) is 142 cm³/mol. The Morgan fingerprint density at radius 1 is 1.19 bits per heavy atom. The molecular formula is C24H42IN5O. The van der Waals surface area contributed by atoms with Gasteiger partial charge >= 0.3 is 0 Å². The summed E-state index contributed by atoms with van der Waals surface area (Å²) in [6.45, 7) is 11.6. The summed E-state index contributed by atoms with van der Waals surface area (Å²) < 4.78 is 0. The number of hydrogen-bond acceptors (Lipinski definition) is 3. The Bertz CT molecular complexity index is 686. The monoisotopic (exact) mass is 543 g/mol. The first-order valence-electron chi connectivity index (χ1n) is 11.5. The van der Waals surface area contributed by atoms with Crippen LogP contribution in [0, 0.1) is 5.92 Å². The molecule has 31 heavy (non-hydrogen) atoms. The van der Waals surface area contributed by atoms with Crippen LogP contribution in [0.2, 0.25) is 0 Å². The third-order valence-electron chi connectivity index (χ3n) is 5.49. The van der Waals surface area contributed by atoms with Crippen LogP contribution >= 0.6 is 24.0 Å². The fourth-order valence-electron chi connectivity index (χ4n) is 3.97. The molecule has 1 heterocycles. The van der Waals surface area contributed by atoms with Crippen molar-refractivity contribution < 1.29 is 4.79 Å². The van der Waals surface area contributed by atoms with E-state index in [2.05, 4.69) is 42.4 Å². The first-order valence-corrected chi connectivity index (χ1v) is 11.5. The maximum atomic E-state index is 12.2. The lowest BCUT2D eigenvalue weighted by Gasteiger charge is -2.28. The van der Waals surface area contributed by atoms with Gasteiger partial charge in [0.15, 0.2) is 5.96 Å². The van der Waals surface area contributed by atoms with E-state index in [9.17, 15) is 4.79 Å². The summed E-state index contributed by atoms with van der Waals surface area (Å²) >= 11 is 0. The highest BCUT2D eigenvalue weighted by Gasteiger charge is 2.22. The number of carbonyl (C=O) groups is 1. The SMILES string of the molecule is CCNC(=NCC(CC(C)C)N1CCCC1)NCCc1cccc(C(=O)N(C)C)c1.I. The van der Waals surface area contributed by atoms with Crippen LogP contribution < -0.4 is 10.6 Å². The standard InChI is InChI=1S/C24H41N5O.HI/c1-6-25-24(27-18-22(16-19(2)3)29-14-7-8-15-29)26-13-12-20-10-9-11-21(17-20)23(30)28(4)5;/h9-11,17,19,22H,6-8,12-16,18H2,1-5H3,(H2,25,26,27);1H. The topological polar surface area (TPSA) is 60.0 Å². The molecule has 1 atom stereocenters. The molecule has 0 saturated carbocycles. The average Bonchev–Trinajstić information content (AvgIpc) is 3.25. The van der Waals surface area contributed by atoms with E-state index in [0.29, 0.717) is 12.0 Å². The van der Waals surface area contributed by atoms with Crippen LogP contribution in [0.25, 0.3) is 0 Å². The lowest BCUT2D eigenvalue weighted by Crippen LogP contribution is -2.41. The molecule has 1 amide bonds. The molecule has 0 aliphatic carbocycles. The van der Waals surface area contributed by atoms with Crippen LogP contribution in [-0.2, 0) is 6.42 Å². The minimum atomic E-state index is 0. The van der Waals surface area contributed by atoms with Gasteiger partial charge in [-0.3, -0.25) is 14.7 Å². The number of nitrogens with one attached hydrogen (secondary N) is 2. The highest BCUT2D eigenvalue weighted by molar-refractivity contribution is 14.0. The minimum Gasteiger partial charge on any atom is -0.357 e. The van der Waals surface area contributed by atoms with Crippen LogP contribution in [0.5, 0.6) is 0 Å². The maximum Gasteiger partial charge on any atom is 0.253 e. The van der Waals surface area contributed by atoms with Crippen LogP contribution in [0.15, 0.2) is 29.3 Å². The Morgan fingerprint density at radius 3 is 2.52 bits per heavy atom. The van der Waals surface area contributed by atoms with E-state index in [4.69, 9.17) is 4.99 Å². The summed E-state index contributed by atoms with van der Waals surface area (Å²) in [5, 5.41) is 6.84. The smallest absolute Gasteiger partial charge is 0.253 e. The van der Waals surface area contributed by atoms with Gasteiger partial charge in [-0.05, 0) is 69.3 Å². The van der Waals surface area contributed by atoms with E-state index in [0.717, 1.165) is 43.1 Å². The number of likely N-dealkylation sites (tertiary alicyclic amines) is 1. The van der Waals surface area contributed by atoms with Crippen molar-refractivity contribution in [3.05, 3.63) is 35.4 Å². The second kappa shape index (κ2) is 14.7. The molecule has 1 aromatic rings. The van der Waals surface area contributed by atoms with Crippen molar-refractivity contribution in [1.29, 1.82) is 0 Å². The number of aliphatic imine (C=N–C) groups is 1. The molecule has 1 aromatic carbocycles. The van der Waals surface area contributed by atoms with E-state index >= 15 is 0 Å². The molecule has 7 heteroatoms. The molecule has 0 spiro atoms. The Kier molecular flexibility index (Phi) is 13.1. The van der Waals surface area contributed by atoms with Crippen LogP contribution in [0.1, 0.15) is 56.0 Å². The van der Waals surface area contributed by atoms with Gasteiger partial charge in [-0.2, -0.15) is 0 Å². The second-order valence-electron chi connectivity index (χ2n) is 8.82. The van der Waals surface area contributed by atoms with Crippen molar-refractivity contribution in [2.45, 2.75) is 52.5 Å². The molecule has 0 bridgehead atoms. The Morgan fingerprint density at radius 2 is 1.90 bits per heavy atom. The van der Waals surface area contributed by atoms with Gasteiger partial charge < -0.3 is 15.5 Å². The van der Waals surface area contributed by atoms with E-state index < -0.39 is 0 Å². The van der Waals surface area contributed by atoms with Crippen LogP contribution in [-0.4, -0.2) is 74.5 Å². The molecule has 1 fully saturated rings. The summed E-state index contributed by atoms with van der Waals surface area (Å²) in [5.41, 5.74) is 1.89. The van der Waals surface area contributed by atoms with Crippen LogP contribution in [0.3, 0.4) is 0 Å². The zero-order chi connectivity index (χ0) is 21.9. The molecule has 0 aromatic heterocycles. The Labute approximate surface area is 206 Å². The lowest BCUT2D eigenvalue weighted by molar-refractivity contribution is 0.0827. The molecule has 1 aliphatic rings. The third-order valence-corrected chi connectivity index (χ3v) is 5.49. The minimum absolute atomic E-state index is 0. The second-order valence-corrected chi connectivity index (χ2v) is 8.82. The molecular weight excluding hydrogens is 501 g/mol.